The average Bonchev–Trinajstić information content (AvgIpc) is 2.80. The molecule has 0 unspecified atom stereocenters. The molecule has 2 N–H and O–H groups in total. The summed E-state index contributed by atoms with van der Waals surface area (Å²) >= 11 is 0. The van der Waals surface area contributed by atoms with Crippen LogP contribution in [-0.4, -0.2) is 24.1 Å². The molecule has 1 aromatic carbocycles. The summed E-state index contributed by atoms with van der Waals surface area (Å²) in [5.74, 6) is 0.0679. The first kappa shape index (κ1) is 13.6. The maximum absolute atomic E-state index is 11.8. The minimum atomic E-state index is 0.0679. The van der Waals surface area contributed by atoms with Crippen LogP contribution in [-0.2, 0) is 17.9 Å². The second kappa shape index (κ2) is 6.38. The van der Waals surface area contributed by atoms with Gasteiger partial charge in [0, 0.05) is 24.8 Å². The average molecular weight is 259 g/mol. The highest BCUT2D eigenvalue weighted by molar-refractivity contribution is 5.83. The summed E-state index contributed by atoms with van der Waals surface area (Å²) in [6.45, 7) is 4.01. The number of benzene rings is 1. The number of hydrogen-bond donors (Lipinski definition) is 2. The van der Waals surface area contributed by atoms with Crippen LogP contribution in [0, 0.1) is 0 Å². The van der Waals surface area contributed by atoms with Gasteiger partial charge in [-0.05, 0) is 36.6 Å². The number of hydrogen-bond acceptors (Lipinski definition) is 2. The number of nitrogens with one attached hydrogen (secondary N) is 2. The van der Waals surface area contributed by atoms with Crippen LogP contribution in [0.15, 0.2) is 30.5 Å². The Morgan fingerprint density at radius 1 is 1.32 bits per heavy atom. The van der Waals surface area contributed by atoms with Crippen molar-refractivity contribution in [3.63, 3.8) is 0 Å². The van der Waals surface area contributed by atoms with Gasteiger partial charge < -0.3 is 15.2 Å². The maximum Gasteiger partial charge on any atom is 0.239 e. The third-order valence-electron chi connectivity index (χ3n) is 3.11. The topological polar surface area (TPSA) is 46.1 Å². The molecular formula is C15H21N3O. The Kier molecular flexibility index (Phi) is 4.58. The molecule has 0 aliphatic rings. The van der Waals surface area contributed by atoms with Gasteiger partial charge in [-0.15, -0.1) is 0 Å². The first-order valence-corrected chi connectivity index (χ1v) is 6.73. The van der Waals surface area contributed by atoms with Crippen molar-refractivity contribution < 1.29 is 4.79 Å². The van der Waals surface area contributed by atoms with E-state index < -0.39 is 0 Å². The summed E-state index contributed by atoms with van der Waals surface area (Å²) in [4.78, 5) is 11.8. The Labute approximate surface area is 113 Å². The second-order valence-electron chi connectivity index (χ2n) is 4.72. The van der Waals surface area contributed by atoms with Gasteiger partial charge in [0.2, 0.25) is 5.91 Å². The molecule has 1 heterocycles. The molecule has 2 aromatic rings. The van der Waals surface area contributed by atoms with Gasteiger partial charge in [0.05, 0.1) is 0 Å². The molecule has 0 spiro atoms. The highest BCUT2D eigenvalue weighted by Gasteiger charge is 2.06. The van der Waals surface area contributed by atoms with Gasteiger partial charge in [-0.2, -0.15) is 0 Å². The normalized spacial score (nSPS) is 10.8. The van der Waals surface area contributed by atoms with E-state index >= 15 is 0 Å². The first-order chi connectivity index (χ1) is 9.24. The molecule has 2 rings (SSSR count). The van der Waals surface area contributed by atoms with Gasteiger partial charge in [0.25, 0.3) is 0 Å². The van der Waals surface area contributed by atoms with Gasteiger partial charge in [-0.25, -0.2) is 0 Å². The molecule has 0 aliphatic heterocycles. The van der Waals surface area contributed by atoms with Crippen molar-refractivity contribution >= 4 is 16.8 Å². The first-order valence-electron chi connectivity index (χ1n) is 6.73. The highest BCUT2D eigenvalue weighted by Crippen LogP contribution is 2.17. The van der Waals surface area contributed by atoms with E-state index in [2.05, 4.69) is 35.8 Å². The molecule has 0 atom stereocenters. The Bertz CT molecular complexity index is 560. The van der Waals surface area contributed by atoms with E-state index in [1.807, 2.05) is 23.9 Å². The monoisotopic (exact) mass is 259 g/mol. The van der Waals surface area contributed by atoms with Gasteiger partial charge in [-0.1, -0.05) is 19.1 Å². The lowest BCUT2D eigenvalue weighted by Crippen LogP contribution is -2.27. The van der Waals surface area contributed by atoms with Crippen LogP contribution in [0.3, 0.4) is 0 Å². The molecule has 0 saturated heterocycles. The summed E-state index contributed by atoms with van der Waals surface area (Å²) in [5.41, 5.74) is 2.34. The SMILES string of the molecule is CCCNC(=O)Cn1ccc2ccc(CNC)cc21. The van der Waals surface area contributed by atoms with Crippen LogP contribution < -0.4 is 10.6 Å². The zero-order valence-electron chi connectivity index (χ0n) is 11.6. The minimum Gasteiger partial charge on any atom is -0.355 e. The predicted molar refractivity (Wildman–Crippen MR) is 78.0 cm³/mol. The summed E-state index contributed by atoms with van der Waals surface area (Å²) in [6.07, 6.45) is 2.93. The summed E-state index contributed by atoms with van der Waals surface area (Å²) in [5, 5.41) is 7.21. The maximum atomic E-state index is 11.8. The fourth-order valence-corrected chi connectivity index (χ4v) is 2.16. The van der Waals surface area contributed by atoms with E-state index in [0.29, 0.717) is 6.54 Å². The zero-order chi connectivity index (χ0) is 13.7. The Balaban J connectivity index is 2.18. The van der Waals surface area contributed by atoms with E-state index in [0.717, 1.165) is 25.0 Å². The molecule has 102 valence electrons. The van der Waals surface area contributed by atoms with E-state index in [1.54, 1.807) is 0 Å². The van der Waals surface area contributed by atoms with Crippen LogP contribution in [0.1, 0.15) is 18.9 Å². The predicted octanol–water partition coefficient (Wildman–Crippen LogP) is 1.89. The standard InChI is InChI=1S/C15H21N3O/c1-3-7-17-15(19)11-18-8-6-13-5-4-12(10-16-2)9-14(13)18/h4-6,8-9,16H,3,7,10-11H2,1-2H3,(H,17,19). The quantitative estimate of drug-likeness (QED) is 0.832. The highest BCUT2D eigenvalue weighted by atomic mass is 16.1. The molecule has 4 nitrogen and oxygen atoms in total. The van der Waals surface area contributed by atoms with Crippen molar-refractivity contribution in [3.05, 3.63) is 36.0 Å². The van der Waals surface area contributed by atoms with E-state index in [9.17, 15) is 4.79 Å². The molecule has 19 heavy (non-hydrogen) atoms. The lowest BCUT2D eigenvalue weighted by Gasteiger charge is -2.07. The van der Waals surface area contributed by atoms with Gasteiger partial charge >= 0.3 is 0 Å². The molecule has 4 heteroatoms. The number of carbonyl (C=O) groups excluding carboxylic acids is 1. The van der Waals surface area contributed by atoms with Gasteiger partial charge in [0.1, 0.15) is 6.54 Å². The summed E-state index contributed by atoms with van der Waals surface area (Å²) < 4.78 is 2.00. The van der Waals surface area contributed by atoms with E-state index in [4.69, 9.17) is 0 Å². The summed E-state index contributed by atoms with van der Waals surface area (Å²) in [7, 11) is 1.93. The Morgan fingerprint density at radius 2 is 2.16 bits per heavy atom. The molecular weight excluding hydrogens is 238 g/mol. The largest absolute Gasteiger partial charge is 0.355 e. The third kappa shape index (κ3) is 3.35. The van der Waals surface area contributed by atoms with Gasteiger partial charge in [-0.3, -0.25) is 4.79 Å². The second-order valence-corrected chi connectivity index (χ2v) is 4.72. The Hall–Kier alpha value is -1.81. The lowest BCUT2D eigenvalue weighted by molar-refractivity contribution is -0.121. The van der Waals surface area contributed by atoms with Gasteiger partial charge in [0.15, 0.2) is 0 Å². The smallest absolute Gasteiger partial charge is 0.239 e. The van der Waals surface area contributed by atoms with Crippen molar-refractivity contribution in [2.24, 2.45) is 0 Å². The number of carbonyl (C=O) groups is 1. The van der Waals surface area contributed by atoms with Crippen LogP contribution in [0.5, 0.6) is 0 Å². The molecule has 0 aliphatic carbocycles. The van der Waals surface area contributed by atoms with E-state index in [1.165, 1.54) is 10.9 Å². The van der Waals surface area contributed by atoms with E-state index in [-0.39, 0.29) is 5.91 Å². The number of fused-ring (bicyclic) bond motifs is 1. The zero-order valence-corrected chi connectivity index (χ0v) is 11.6. The third-order valence-corrected chi connectivity index (χ3v) is 3.11. The van der Waals surface area contributed by atoms with Crippen molar-refractivity contribution in [2.75, 3.05) is 13.6 Å². The fourth-order valence-electron chi connectivity index (χ4n) is 2.16. The van der Waals surface area contributed by atoms with Crippen molar-refractivity contribution in [1.82, 2.24) is 15.2 Å². The van der Waals surface area contributed by atoms with Crippen LogP contribution in [0.2, 0.25) is 0 Å². The van der Waals surface area contributed by atoms with Crippen molar-refractivity contribution in [1.29, 1.82) is 0 Å². The van der Waals surface area contributed by atoms with Crippen LogP contribution in [0.25, 0.3) is 10.9 Å². The molecule has 1 aromatic heterocycles. The molecule has 0 radical (unpaired) electrons. The molecule has 1 amide bonds. The number of rotatable bonds is 6. The number of amides is 1. The van der Waals surface area contributed by atoms with Crippen LogP contribution >= 0.6 is 0 Å². The fraction of sp³-hybridized carbons (Fsp3) is 0.400. The van der Waals surface area contributed by atoms with Crippen molar-refractivity contribution in [2.45, 2.75) is 26.4 Å². The van der Waals surface area contributed by atoms with Crippen LogP contribution in [0.4, 0.5) is 0 Å². The number of aromatic nitrogens is 1. The molecule has 0 fully saturated rings. The molecule has 0 saturated carbocycles. The van der Waals surface area contributed by atoms with Crippen molar-refractivity contribution in [3.8, 4) is 0 Å². The summed E-state index contributed by atoms with van der Waals surface area (Å²) in [6, 6.07) is 8.40. The lowest BCUT2D eigenvalue weighted by atomic mass is 10.1. The number of nitrogens with zero attached hydrogens (tertiary/aromatic N) is 1. The Morgan fingerprint density at radius 3 is 2.89 bits per heavy atom. The molecule has 0 bridgehead atoms. The minimum absolute atomic E-state index is 0.0679.